The third-order valence-corrected chi connectivity index (χ3v) is 3.57. The Kier molecular flexibility index (Phi) is 11.9. The first-order valence-corrected chi connectivity index (χ1v) is 7.73. The Morgan fingerprint density at radius 3 is 2.50 bits per heavy atom. The number of likely N-dealkylation sites (N-methyl/N-ethyl adjacent to an activating group) is 1. The summed E-state index contributed by atoms with van der Waals surface area (Å²) >= 11 is 1.87. The highest BCUT2D eigenvalue weighted by Gasteiger charge is 2.06. The van der Waals surface area contributed by atoms with E-state index in [4.69, 9.17) is 0 Å². The van der Waals surface area contributed by atoms with Crippen molar-refractivity contribution < 1.29 is 5.11 Å². The normalized spacial score (nSPS) is 13.3. The van der Waals surface area contributed by atoms with E-state index >= 15 is 0 Å². The van der Waals surface area contributed by atoms with E-state index < -0.39 is 0 Å². The molecule has 4 heteroatoms. The van der Waals surface area contributed by atoms with Gasteiger partial charge < -0.3 is 15.3 Å². The minimum Gasteiger partial charge on any atom is -0.395 e. The van der Waals surface area contributed by atoms with Gasteiger partial charge in [-0.15, -0.1) is 0 Å². The second kappa shape index (κ2) is 11.7. The maximum absolute atomic E-state index is 9.22. The second-order valence-corrected chi connectivity index (χ2v) is 4.98. The number of hydrogen-bond acceptors (Lipinski definition) is 4. The highest BCUT2D eigenvalue weighted by molar-refractivity contribution is 7.98. The fourth-order valence-corrected chi connectivity index (χ4v) is 2.15. The maximum Gasteiger partial charge on any atom is 0.0584 e. The van der Waals surface area contributed by atoms with Crippen LogP contribution in [0.25, 0.3) is 0 Å². The Morgan fingerprint density at radius 2 is 2.00 bits per heavy atom. The van der Waals surface area contributed by atoms with Crippen LogP contribution in [-0.4, -0.2) is 60.8 Å². The first-order valence-electron chi connectivity index (χ1n) is 6.33. The molecule has 0 aliphatic rings. The number of nitrogens with zero attached hydrogens (tertiary/aromatic N) is 1. The number of rotatable bonds is 11. The number of aliphatic hydroxyl groups excluding tert-OH is 1. The quantitative estimate of drug-likeness (QED) is 0.542. The Bertz CT molecular complexity index is 143. The molecule has 0 aromatic rings. The summed E-state index contributed by atoms with van der Waals surface area (Å²) in [5, 5.41) is 12.6. The van der Waals surface area contributed by atoms with Gasteiger partial charge in [-0.05, 0) is 37.9 Å². The summed E-state index contributed by atoms with van der Waals surface area (Å²) in [6.45, 7) is 8.89. The van der Waals surface area contributed by atoms with E-state index in [0.29, 0.717) is 0 Å². The molecule has 0 aromatic carbocycles. The lowest BCUT2D eigenvalue weighted by atomic mass is 10.2. The van der Waals surface area contributed by atoms with Crippen LogP contribution in [0.4, 0.5) is 0 Å². The largest absolute Gasteiger partial charge is 0.395 e. The summed E-state index contributed by atoms with van der Waals surface area (Å²) in [6, 6.07) is 0.280. The molecule has 1 atom stereocenters. The lowest BCUT2D eigenvalue weighted by molar-refractivity contribution is 0.225. The summed E-state index contributed by atoms with van der Waals surface area (Å²) in [7, 11) is 0. The van der Waals surface area contributed by atoms with Gasteiger partial charge in [0.2, 0.25) is 0 Å². The molecule has 98 valence electrons. The fraction of sp³-hybridized carbons (Fsp3) is 1.00. The molecule has 0 radical (unpaired) electrons. The molecule has 0 aliphatic carbocycles. The van der Waals surface area contributed by atoms with Gasteiger partial charge >= 0.3 is 0 Å². The molecule has 0 aliphatic heterocycles. The van der Waals surface area contributed by atoms with Crippen molar-refractivity contribution >= 4 is 11.8 Å². The first-order chi connectivity index (χ1) is 7.78. The van der Waals surface area contributed by atoms with E-state index in [-0.39, 0.29) is 12.6 Å². The Morgan fingerprint density at radius 1 is 1.31 bits per heavy atom. The molecule has 0 aromatic heterocycles. The number of thioether (sulfide) groups is 1. The number of hydrogen-bond donors (Lipinski definition) is 2. The average Bonchev–Trinajstić information content (AvgIpc) is 2.32. The van der Waals surface area contributed by atoms with Crippen LogP contribution in [0.2, 0.25) is 0 Å². The Balaban J connectivity index is 3.53. The van der Waals surface area contributed by atoms with Gasteiger partial charge in [-0.25, -0.2) is 0 Å². The van der Waals surface area contributed by atoms with Crippen LogP contribution in [0.1, 0.15) is 26.7 Å². The number of nitrogens with one attached hydrogen (secondary N) is 1. The van der Waals surface area contributed by atoms with Crippen LogP contribution in [0.5, 0.6) is 0 Å². The van der Waals surface area contributed by atoms with Gasteiger partial charge in [0.15, 0.2) is 0 Å². The zero-order valence-electron chi connectivity index (χ0n) is 11.0. The summed E-state index contributed by atoms with van der Waals surface area (Å²) in [5.74, 6) is 1.19. The molecule has 16 heavy (non-hydrogen) atoms. The Hall–Kier alpha value is 0.230. The monoisotopic (exact) mass is 248 g/mol. The standard InChI is InChI=1S/C12H28N2OS/c1-4-14(5-2)9-8-13-12(11-15)7-6-10-16-3/h12-13,15H,4-11H2,1-3H3. The van der Waals surface area contributed by atoms with E-state index in [2.05, 4.69) is 30.3 Å². The fourth-order valence-electron chi connectivity index (χ4n) is 1.70. The molecule has 2 N–H and O–H groups in total. The summed E-state index contributed by atoms with van der Waals surface area (Å²) < 4.78 is 0. The zero-order chi connectivity index (χ0) is 12.2. The van der Waals surface area contributed by atoms with Gasteiger partial charge in [-0.3, -0.25) is 0 Å². The van der Waals surface area contributed by atoms with Crippen molar-refractivity contribution in [2.24, 2.45) is 0 Å². The summed E-state index contributed by atoms with van der Waals surface area (Å²) in [4.78, 5) is 2.39. The SMILES string of the molecule is CCN(CC)CCNC(CO)CCCSC. The van der Waals surface area contributed by atoms with Crippen molar-refractivity contribution in [3.63, 3.8) is 0 Å². The van der Waals surface area contributed by atoms with E-state index in [1.165, 1.54) is 12.2 Å². The van der Waals surface area contributed by atoms with Crippen LogP contribution >= 0.6 is 11.8 Å². The van der Waals surface area contributed by atoms with Crippen LogP contribution in [0.3, 0.4) is 0 Å². The van der Waals surface area contributed by atoms with E-state index in [1.807, 2.05) is 11.8 Å². The molecule has 0 amide bonds. The lowest BCUT2D eigenvalue weighted by Gasteiger charge is -2.21. The molecular formula is C12H28N2OS. The third kappa shape index (κ3) is 8.39. The van der Waals surface area contributed by atoms with Gasteiger partial charge in [0.1, 0.15) is 0 Å². The van der Waals surface area contributed by atoms with Crippen molar-refractivity contribution in [1.82, 2.24) is 10.2 Å². The van der Waals surface area contributed by atoms with E-state index in [0.717, 1.165) is 32.6 Å². The van der Waals surface area contributed by atoms with E-state index in [9.17, 15) is 5.11 Å². The van der Waals surface area contributed by atoms with Crippen molar-refractivity contribution in [1.29, 1.82) is 0 Å². The molecule has 0 fully saturated rings. The smallest absolute Gasteiger partial charge is 0.0584 e. The molecule has 0 saturated heterocycles. The van der Waals surface area contributed by atoms with Crippen LogP contribution in [0.15, 0.2) is 0 Å². The minimum atomic E-state index is 0.257. The molecule has 0 saturated carbocycles. The third-order valence-electron chi connectivity index (χ3n) is 2.88. The molecule has 3 nitrogen and oxygen atoms in total. The van der Waals surface area contributed by atoms with Crippen molar-refractivity contribution in [3.8, 4) is 0 Å². The van der Waals surface area contributed by atoms with Crippen LogP contribution in [0, 0.1) is 0 Å². The number of aliphatic hydroxyl groups is 1. The second-order valence-electron chi connectivity index (χ2n) is 4.00. The minimum absolute atomic E-state index is 0.257. The van der Waals surface area contributed by atoms with Crippen LogP contribution in [-0.2, 0) is 0 Å². The van der Waals surface area contributed by atoms with Crippen LogP contribution < -0.4 is 5.32 Å². The van der Waals surface area contributed by atoms with Gasteiger partial charge in [-0.1, -0.05) is 13.8 Å². The predicted molar refractivity (Wildman–Crippen MR) is 74.3 cm³/mol. The molecule has 0 spiro atoms. The highest BCUT2D eigenvalue weighted by Crippen LogP contribution is 2.02. The Labute approximate surface area is 105 Å². The predicted octanol–water partition coefficient (Wildman–Crippen LogP) is 1.42. The van der Waals surface area contributed by atoms with E-state index in [1.54, 1.807) is 0 Å². The van der Waals surface area contributed by atoms with Crippen molar-refractivity contribution in [2.45, 2.75) is 32.7 Å². The lowest BCUT2D eigenvalue weighted by Crippen LogP contribution is -2.39. The van der Waals surface area contributed by atoms with Gasteiger partial charge in [0.05, 0.1) is 6.61 Å². The molecule has 0 rings (SSSR count). The van der Waals surface area contributed by atoms with Crippen molar-refractivity contribution in [2.75, 3.05) is 44.8 Å². The molecule has 0 bridgehead atoms. The van der Waals surface area contributed by atoms with Gasteiger partial charge in [0, 0.05) is 19.1 Å². The summed E-state index contributed by atoms with van der Waals surface area (Å²) in [5.41, 5.74) is 0. The molecular weight excluding hydrogens is 220 g/mol. The molecule has 0 heterocycles. The first kappa shape index (κ1) is 16.2. The topological polar surface area (TPSA) is 35.5 Å². The maximum atomic E-state index is 9.22. The van der Waals surface area contributed by atoms with Gasteiger partial charge in [-0.2, -0.15) is 11.8 Å². The highest BCUT2D eigenvalue weighted by atomic mass is 32.2. The van der Waals surface area contributed by atoms with Crippen molar-refractivity contribution in [3.05, 3.63) is 0 Å². The summed E-state index contributed by atoms with van der Waals surface area (Å²) in [6.07, 6.45) is 4.39. The van der Waals surface area contributed by atoms with Gasteiger partial charge in [0.25, 0.3) is 0 Å². The average molecular weight is 248 g/mol. The molecule has 1 unspecified atom stereocenters. The zero-order valence-corrected chi connectivity index (χ0v) is 11.9.